The first-order valence-electron chi connectivity index (χ1n) is 6.01. The molecule has 90 valence electrons. The average Bonchev–Trinajstić information content (AvgIpc) is 2.60. The van der Waals surface area contributed by atoms with E-state index in [1.807, 2.05) is 0 Å². The molecule has 1 aromatic heterocycles. The van der Waals surface area contributed by atoms with Crippen LogP contribution < -0.4 is 5.32 Å². The number of hydrogen-bond acceptors (Lipinski definition) is 4. The third kappa shape index (κ3) is 3.27. The maximum Gasteiger partial charge on any atom is 0.107 e. The minimum absolute atomic E-state index is 0.413. The molecule has 1 unspecified atom stereocenters. The van der Waals surface area contributed by atoms with E-state index >= 15 is 0 Å². The first-order chi connectivity index (χ1) is 7.75. The van der Waals surface area contributed by atoms with Crippen molar-refractivity contribution in [2.75, 3.05) is 13.2 Å². The molecule has 1 aliphatic rings. The van der Waals surface area contributed by atoms with Gasteiger partial charge in [-0.1, -0.05) is 0 Å². The van der Waals surface area contributed by atoms with Gasteiger partial charge in [0.25, 0.3) is 0 Å². The molecule has 2 rings (SSSR count). The molecule has 0 amide bonds. The fourth-order valence-corrected chi connectivity index (χ4v) is 2.83. The Morgan fingerprint density at radius 1 is 1.44 bits per heavy atom. The van der Waals surface area contributed by atoms with Crippen LogP contribution in [0.5, 0.6) is 0 Å². The van der Waals surface area contributed by atoms with E-state index in [0.717, 1.165) is 25.4 Å². The van der Waals surface area contributed by atoms with Crippen LogP contribution in [-0.2, 0) is 11.3 Å². The fourth-order valence-electron chi connectivity index (χ4n) is 1.92. The van der Waals surface area contributed by atoms with Gasteiger partial charge < -0.3 is 10.1 Å². The third-order valence-corrected chi connectivity index (χ3v) is 4.07. The van der Waals surface area contributed by atoms with Gasteiger partial charge in [-0.2, -0.15) is 0 Å². The van der Waals surface area contributed by atoms with E-state index in [-0.39, 0.29) is 0 Å². The molecule has 1 atom stereocenters. The van der Waals surface area contributed by atoms with Crippen molar-refractivity contribution in [3.8, 4) is 0 Å². The lowest BCUT2D eigenvalue weighted by atomic mass is 10.1. The molecule has 3 nitrogen and oxygen atoms in total. The predicted octanol–water partition coefficient (Wildman–Crippen LogP) is 2.42. The molecule has 2 heterocycles. The minimum Gasteiger partial charge on any atom is -0.377 e. The predicted molar refractivity (Wildman–Crippen MR) is 66.9 cm³/mol. The molecular weight excluding hydrogens is 220 g/mol. The number of ether oxygens (including phenoxy) is 1. The molecule has 16 heavy (non-hydrogen) atoms. The highest BCUT2D eigenvalue weighted by atomic mass is 32.1. The number of nitrogens with zero attached hydrogens (tertiary/aromatic N) is 1. The van der Waals surface area contributed by atoms with E-state index in [2.05, 4.69) is 24.1 Å². The van der Waals surface area contributed by atoms with Gasteiger partial charge in [0.2, 0.25) is 0 Å². The van der Waals surface area contributed by atoms with E-state index in [1.165, 1.54) is 29.1 Å². The second kappa shape index (κ2) is 5.75. The Morgan fingerprint density at radius 2 is 2.31 bits per heavy atom. The van der Waals surface area contributed by atoms with Crippen molar-refractivity contribution in [3.05, 3.63) is 15.6 Å². The Kier molecular flexibility index (Phi) is 4.32. The molecule has 0 radical (unpaired) electrons. The van der Waals surface area contributed by atoms with Crippen LogP contribution in [0.2, 0.25) is 0 Å². The third-order valence-electron chi connectivity index (χ3n) is 3.00. The first kappa shape index (κ1) is 12.0. The van der Waals surface area contributed by atoms with Crippen molar-refractivity contribution in [1.29, 1.82) is 0 Å². The SMILES string of the molecule is Cc1nc(CNCC2CCCCO2)sc1C. The summed E-state index contributed by atoms with van der Waals surface area (Å²) in [6.07, 6.45) is 4.14. The molecule has 0 aromatic carbocycles. The molecular formula is C12H20N2OS. The van der Waals surface area contributed by atoms with Crippen LogP contribution in [0.4, 0.5) is 0 Å². The van der Waals surface area contributed by atoms with E-state index in [4.69, 9.17) is 4.74 Å². The van der Waals surface area contributed by atoms with Gasteiger partial charge in [-0.05, 0) is 33.1 Å². The van der Waals surface area contributed by atoms with Gasteiger partial charge in [-0.15, -0.1) is 11.3 Å². The molecule has 1 aliphatic heterocycles. The number of nitrogens with one attached hydrogen (secondary N) is 1. The largest absolute Gasteiger partial charge is 0.377 e. The van der Waals surface area contributed by atoms with Crippen molar-refractivity contribution < 1.29 is 4.74 Å². The van der Waals surface area contributed by atoms with Gasteiger partial charge in [-0.3, -0.25) is 0 Å². The second-order valence-corrected chi connectivity index (χ2v) is 5.66. The van der Waals surface area contributed by atoms with Crippen molar-refractivity contribution >= 4 is 11.3 Å². The van der Waals surface area contributed by atoms with Gasteiger partial charge in [0.1, 0.15) is 5.01 Å². The summed E-state index contributed by atoms with van der Waals surface area (Å²) in [7, 11) is 0. The summed E-state index contributed by atoms with van der Waals surface area (Å²) in [6.45, 7) is 6.96. The number of aryl methyl sites for hydroxylation is 2. The Hall–Kier alpha value is -0.450. The molecule has 1 aromatic rings. The molecule has 4 heteroatoms. The average molecular weight is 240 g/mol. The fraction of sp³-hybridized carbons (Fsp3) is 0.750. The Labute approximate surface area is 101 Å². The molecule has 0 bridgehead atoms. The quantitative estimate of drug-likeness (QED) is 0.877. The number of aromatic nitrogens is 1. The zero-order valence-electron chi connectivity index (χ0n) is 10.1. The highest BCUT2D eigenvalue weighted by molar-refractivity contribution is 7.11. The van der Waals surface area contributed by atoms with E-state index in [1.54, 1.807) is 11.3 Å². The highest BCUT2D eigenvalue weighted by Crippen LogP contribution is 2.16. The lowest BCUT2D eigenvalue weighted by Crippen LogP contribution is -2.31. The Morgan fingerprint density at radius 3 is 2.94 bits per heavy atom. The maximum absolute atomic E-state index is 5.67. The van der Waals surface area contributed by atoms with E-state index in [0.29, 0.717) is 6.10 Å². The standard InChI is InChI=1S/C12H20N2OS/c1-9-10(2)16-12(14-9)8-13-7-11-5-3-4-6-15-11/h11,13H,3-8H2,1-2H3. The normalized spacial score (nSPS) is 21.2. The van der Waals surface area contributed by atoms with Crippen LogP contribution in [0.3, 0.4) is 0 Å². The van der Waals surface area contributed by atoms with Crippen molar-refractivity contribution in [2.24, 2.45) is 0 Å². The zero-order valence-corrected chi connectivity index (χ0v) is 10.9. The van der Waals surface area contributed by atoms with Crippen LogP contribution in [0.15, 0.2) is 0 Å². The summed E-state index contributed by atoms with van der Waals surface area (Å²) >= 11 is 1.79. The summed E-state index contributed by atoms with van der Waals surface area (Å²) in [4.78, 5) is 5.83. The van der Waals surface area contributed by atoms with Crippen LogP contribution in [0.1, 0.15) is 34.8 Å². The van der Waals surface area contributed by atoms with Gasteiger partial charge in [-0.25, -0.2) is 4.98 Å². The summed E-state index contributed by atoms with van der Waals surface area (Å²) in [6, 6.07) is 0. The lowest BCUT2D eigenvalue weighted by Gasteiger charge is -2.22. The topological polar surface area (TPSA) is 34.2 Å². The monoisotopic (exact) mass is 240 g/mol. The Bertz CT molecular complexity index is 312. The number of rotatable bonds is 4. The highest BCUT2D eigenvalue weighted by Gasteiger charge is 2.13. The smallest absolute Gasteiger partial charge is 0.107 e. The minimum atomic E-state index is 0.413. The van der Waals surface area contributed by atoms with Crippen LogP contribution >= 0.6 is 11.3 Å². The first-order valence-corrected chi connectivity index (χ1v) is 6.82. The molecule has 1 fully saturated rings. The molecule has 1 saturated heterocycles. The van der Waals surface area contributed by atoms with Crippen LogP contribution in [0, 0.1) is 13.8 Å². The van der Waals surface area contributed by atoms with Crippen molar-refractivity contribution in [1.82, 2.24) is 10.3 Å². The van der Waals surface area contributed by atoms with E-state index in [9.17, 15) is 0 Å². The van der Waals surface area contributed by atoms with Crippen LogP contribution in [-0.4, -0.2) is 24.2 Å². The Balaban J connectivity index is 1.71. The van der Waals surface area contributed by atoms with Gasteiger partial charge >= 0.3 is 0 Å². The lowest BCUT2D eigenvalue weighted by molar-refractivity contribution is 0.0168. The second-order valence-electron chi connectivity index (χ2n) is 4.37. The number of hydrogen-bond donors (Lipinski definition) is 1. The van der Waals surface area contributed by atoms with Gasteiger partial charge in [0.05, 0.1) is 11.8 Å². The number of thiazole rings is 1. The van der Waals surface area contributed by atoms with E-state index < -0.39 is 0 Å². The molecule has 0 aliphatic carbocycles. The summed E-state index contributed by atoms with van der Waals surface area (Å²) in [5.41, 5.74) is 1.16. The van der Waals surface area contributed by atoms with Crippen LogP contribution in [0.25, 0.3) is 0 Å². The van der Waals surface area contributed by atoms with Gasteiger partial charge in [0, 0.05) is 24.6 Å². The maximum atomic E-state index is 5.67. The zero-order chi connectivity index (χ0) is 11.4. The van der Waals surface area contributed by atoms with Crippen molar-refractivity contribution in [3.63, 3.8) is 0 Å². The van der Waals surface area contributed by atoms with Gasteiger partial charge in [0.15, 0.2) is 0 Å². The summed E-state index contributed by atoms with van der Waals surface area (Å²) < 4.78 is 5.67. The molecule has 0 saturated carbocycles. The van der Waals surface area contributed by atoms with Crippen molar-refractivity contribution in [2.45, 2.75) is 45.8 Å². The summed E-state index contributed by atoms with van der Waals surface area (Å²) in [5.74, 6) is 0. The molecule has 0 spiro atoms. The molecule has 1 N–H and O–H groups in total. The summed E-state index contributed by atoms with van der Waals surface area (Å²) in [5, 5.41) is 4.62.